The standard InChI is InChI=1S/C10H12ClN/c1-2-7-6-12-10-8(7)4-3-5-9(10)11/h3-5,7,12H,2,6H2,1H3/t7-/m0/s1. The maximum atomic E-state index is 6.03. The van der Waals surface area contributed by atoms with Crippen LogP contribution in [0.3, 0.4) is 0 Å². The van der Waals surface area contributed by atoms with Crippen molar-refractivity contribution >= 4 is 17.3 Å². The van der Waals surface area contributed by atoms with Crippen molar-refractivity contribution in [3.8, 4) is 0 Å². The molecule has 0 aliphatic carbocycles. The van der Waals surface area contributed by atoms with Crippen molar-refractivity contribution < 1.29 is 0 Å². The van der Waals surface area contributed by atoms with Gasteiger partial charge in [0.1, 0.15) is 0 Å². The summed E-state index contributed by atoms with van der Waals surface area (Å²) in [5.74, 6) is 0.652. The van der Waals surface area contributed by atoms with Crippen molar-refractivity contribution in [2.75, 3.05) is 11.9 Å². The summed E-state index contributed by atoms with van der Waals surface area (Å²) in [5, 5.41) is 4.19. The number of hydrogen-bond donors (Lipinski definition) is 1. The molecule has 0 bridgehead atoms. The fourth-order valence-corrected chi connectivity index (χ4v) is 2.02. The van der Waals surface area contributed by atoms with Crippen LogP contribution in [-0.4, -0.2) is 6.54 Å². The molecular formula is C10H12ClN. The molecule has 1 N–H and O–H groups in total. The predicted octanol–water partition coefficient (Wildman–Crippen LogP) is 3.26. The van der Waals surface area contributed by atoms with E-state index in [-0.39, 0.29) is 0 Å². The lowest BCUT2D eigenvalue weighted by molar-refractivity contribution is 0.727. The minimum atomic E-state index is 0.652. The largest absolute Gasteiger partial charge is 0.383 e. The van der Waals surface area contributed by atoms with Gasteiger partial charge in [-0.25, -0.2) is 0 Å². The molecule has 2 rings (SSSR count). The average Bonchev–Trinajstić information content (AvgIpc) is 2.49. The van der Waals surface area contributed by atoms with Gasteiger partial charge in [-0.2, -0.15) is 0 Å². The monoisotopic (exact) mass is 181 g/mol. The number of rotatable bonds is 1. The number of anilines is 1. The molecule has 64 valence electrons. The Bertz CT molecular complexity index is 296. The van der Waals surface area contributed by atoms with Gasteiger partial charge in [0.2, 0.25) is 0 Å². The lowest BCUT2D eigenvalue weighted by atomic mass is 9.99. The van der Waals surface area contributed by atoms with Gasteiger partial charge in [0.15, 0.2) is 0 Å². The summed E-state index contributed by atoms with van der Waals surface area (Å²) in [5.41, 5.74) is 2.52. The van der Waals surface area contributed by atoms with Gasteiger partial charge < -0.3 is 5.32 Å². The molecule has 1 atom stereocenters. The molecule has 0 spiro atoms. The summed E-state index contributed by atoms with van der Waals surface area (Å²) in [6, 6.07) is 6.12. The number of hydrogen-bond acceptors (Lipinski definition) is 1. The van der Waals surface area contributed by atoms with Crippen LogP contribution in [0.25, 0.3) is 0 Å². The third-order valence-corrected chi connectivity index (χ3v) is 2.82. The zero-order valence-corrected chi connectivity index (χ0v) is 7.86. The van der Waals surface area contributed by atoms with Crippen LogP contribution in [0.2, 0.25) is 5.02 Å². The summed E-state index contributed by atoms with van der Waals surface area (Å²) >= 11 is 6.03. The van der Waals surface area contributed by atoms with Crippen molar-refractivity contribution in [1.82, 2.24) is 0 Å². The zero-order chi connectivity index (χ0) is 8.55. The highest BCUT2D eigenvalue weighted by Crippen LogP contribution is 2.37. The van der Waals surface area contributed by atoms with Gasteiger partial charge in [-0.15, -0.1) is 0 Å². The molecule has 0 saturated carbocycles. The summed E-state index contributed by atoms with van der Waals surface area (Å²) in [6.07, 6.45) is 1.18. The smallest absolute Gasteiger partial charge is 0.0640 e. The Hall–Kier alpha value is -0.690. The highest BCUT2D eigenvalue weighted by Gasteiger charge is 2.21. The third-order valence-electron chi connectivity index (χ3n) is 2.50. The summed E-state index contributed by atoms with van der Waals surface area (Å²) in [4.78, 5) is 0. The van der Waals surface area contributed by atoms with Crippen molar-refractivity contribution in [1.29, 1.82) is 0 Å². The molecule has 1 aromatic carbocycles. The van der Waals surface area contributed by atoms with E-state index < -0.39 is 0 Å². The molecule has 12 heavy (non-hydrogen) atoms. The van der Waals surface area contributed by atoms with E-state index in [1.165, 1.54) is 12.0 Å². The van der Waals surface area contributed by atoms with Gasteiger partial charge in [-0.05, 0) is 18.1 Å². The summed E-state index contributed by atoms with van der Waals surface area (Å²) < 4.78 is 0. The number of nitrogens with one attached hydrogen (secondary N) is 1. The number of para-hydroxylation sites is 1. The molecule has 0 amide bonds. The molecule has 0 saturated heterocycles. The number of fused-ring (bicyclic) bond motifs is 1. The minimum absolute atomic E-state index is 0.652. The quantitative estimate of drug-likeness (QED) is 0.702. The molecule has 0 fully saturated rings. The van der Waals surface area contributed by atoms with Gasteiger partial charge in [0.25, 0.3) is 0 Å². The molecule has 0 aromatic heterocycles. The second-order valence-corrected chi connectivity index (χ2v) is 3.60. The maximum absolute atomic E-state index is 6.03. The molecule has 1 aromatic rings. The lowest BCUT2D eigenvalue weighted by Crippen LogP contribution is -1.99. The van der Waals surface area contributed by atoms with Crippen LogP contribution in [0.1, 0.15) is 24.8 Å². The SMILES string of the molecule is CC[C@H]1CNc2c(Cl)cccc21. The van der Waals surface area contributed by atoms with E-state index in [0.29, 0.717) is 5.92 Å². The number of halogens is 1. The summed E-state index contributed by atoms with van der Waals surface area (Å²) in [6.45, 7) is 3.25. The van der Waals surface area contributed by atoms with Gasteiger partial charge in [0.05, 0.1) is 10.7 Å². The van der Waals surface area contributed by atoms with Crippen LogP contribution in [0, 0.1) is 0 Å². The second kappa shape index (κ2) is 2.98. The van der Waals surface area contributed by atoms with Crippen LogP contribution in [0.5, 0.6) is 0 Å². The van der Waals surface area contributed by atoms with Gasteiger partial charge in [-0.3, -0.25) is 0 Å². The zero-order valence-electron chi connectivity index (χ0n) is 7.10. The fraction of sp³-hybridized carbons (Fsp3) is 0.400. The lowest BCUT2D eigenvalue weighted by Gasteiger charge is -2.05. The summed E-state index contributed by atoms with van der Waals surface area (Å²) in [7, 11) is 0. The average molecular weight is 182 g/mol. The Morgan fingerprint density at radius 2 is 2.42 bits per heavy atom. The van der Waals surface area contributed by atoms with E-state index in [2.05, 4.69) is 18.3 Å². The van der Waals surface area contributed by atoms with Crippen molar-refractivity contribution in [2.24, 2.45) is 0 Å². The molecule has 1 nitrogen and oxygen atoms in total. The Labute approximate surface area is 77.7 Å². The van der Waals surface area contributed by atoms with Crippen LogP contribution >= 0.6 is 11.6 Å². The molecule has 1 aliphatic rings. The Morgan fingerprint density at radius 1 is 1.58 bits per heavy atom. The Morgan fingerprint density at radius 3 is 3.17 bits per heavy atom. The first kappa shape index (κ1) is 7.93. The van der Waals surface area contributed by atoms with Gasteiger partial charge >= 0.3 is 0 Å². The van der Waals surface area contributed by atoms with E-state index >= 15 is 0 Å². The van der Waals surface area contributed by atoms with Crippen LogP contribution < -0.4 is 5.32 Å². The first-order valence-corrected chi connectivity index (χ1v) is 4.73. The first-order valence-electron chi connectivity index (χ1n) is 4.35. The van der Waals surface area contributed by atoms with Gasteiger partial charge in [0, 0.05) is 12.5 Å². The predicted molar refractivity (Wildman–Crippen MR) is 53.0 cm³/mol. The van der Waals surface area contributed by atoms with E-state index in [4.69, 9.17) is 11.6 Å². The molecule has 0 unspecified atom stereocenters. The minimum Gasteiger partial charge on any atom is -0.383 e. The Balaban J connectivity index is 2.46. The maximum Gasteiger partial charge on any atom is 0.0640 e. The first-order chi connectivity index (χ1) is 5.83. The van der Waals surface area contributed by atoms with Crippen LogP contribution in [0.15, 0.2) is 18.2 Å². The van der Waals surface area contributed by atoms with E-state index in [1.54, 1.807) is 0 Å². The van der Waals surface area contributed by atoms with Crippen molar-refractivity contribution in [3.05, 3.63) is 28.8 Å². The van der Waals surface area contributed by atoms with E-state index in [0.717, 1.165) is 17.3 Å². The molecular weight excluding hydrogens is 170 g/mol. The van der Waals surface area contributed by atoms with Crippen molar-refractivity contribution in [3.63, 3.8) is 0 Å². The number of benzene rings is 1. The molecule has 1 aliphatic heterocycles. The van der Waals surface area contributed by atoms with Crippen molar-refractivity contribution in [2.45, 2.75) is 19.3 Å². The third kappa shape index (κ3) is 1.09. The topological polar surface area (TPSA) is 12.0 Å². The van der Waals surface area contributed by atoms with E-state index in [9.17, 15) is 0 Å². The molecule has 0 radical (unpaired) electrons. The highest BCUT2D eigenvalue weighted by atomic mass is 35.5. The normalized spacial score (nSPS) is 20.3. The highest BCUT2D eigenvalue weighted by molar-refractivity contribution is 6.33. The van der Waals surface area contributed by atoms with Crippen LogP contribution in [-0.2, 0) is 0 Å². The van der Waals surface area contributed by atoms with E-state index in [1.807, 2.05) is 12.1 Å². The second-order valence-electron chi connectivity index (χ2n) is 3.19. The Kier molecular flexibility index (Phi) is 1.97. The fourth-order valence-electron chi connectivity index (χ4n) is 1.77. The van der Waals surface area contributed by atoms with Gasteiger partial charge in [-0.1, -0.05) is 30.7 Å². The van der Waals surface area contributed by atoms with Crippen LogP contribution in [0.4, 0.5) is 5.69 Å². The molecule has 1 heterocycles. The molecule has 2 heteroatoms.